The zero-order valence-corrected chi connectivity index (χ0v) is 10.7. The smallest absolute Gasteiger partial charge is 0.0931 e. The third-order valence-electron chi connectivity index (χ3n) is 3.63. The minimum atomic E-state index is 1.01. The summed E-state index contributed by atoms with van der Waals surface area (Å²) in [5, 5.41) is 3.48. The third kappa shape index (κ3) is 2.64. The van der Waals surface area contributed by atoms with Crippen molar-refractivity contribution in [1.29, 1.82) is 0 Å². The average Bonchev–Trinajstić information content (AvgIpc) is 2.87. The second-order valence-corrected chi connectivity index (χ2v) is 4.96. The van der Waals surface area contributed by atoms with Gasteiger partial charge in [0.2, 0.25) is 0 Å². The van der Waals surface area contributed by atoms with E-state index in [2.05, 4.69) is 38.4 Å². The normalized spacial score (nSPS) is 17.1. The molecule has 4 nitrogen and oxygen atoms in total. The summed E-state index contributed by atoms with van der Waals surface area (Å²) in [6, 6.07) is 6.27. The van der Waals surface area contributed by atoms with Gasteiger partial charge in [0.15, 0.2) is 0 Å². The van der Waals surface area contributed by atoms with Gasteiger partial charge in [-0.2, -0.15) is 0 Å². The number of aromatic nitrogens is 2. The van der Waals surface area contributed by atoms with Crippen LogP contribution in [0.4, 0.5) is 5.69 Å². The fourth-order valence-electron chi connectivity index (χ4n) is 2.59. The molecule has 0 radical (unpaired) electrons. The Kier molecular flexibility index (Phi) is 3.46. The molecule has 1 saturated heterocycles. The Balaban J connectivity index is 1.52. The van der Waals surface area contributed by atoms with Gasteiger partial charge in [-0.3, -0.25) is 0 Å². The van der Waals surface area contributed by atoms with Crippen LogP contribution in [0, 0.1) is 0 Å². The van der Waals surface area contributed by atoms with Crippen molar-refractivity contribution in [2.45, 2.75) is 19.3 Å². The standard InChI is InChI=1S/C14H20N4/c1-2-7-18(8-3-1)9-6-15-12-4-5-13-14(10-12)17-11-16-13/h4-5,10-11,15H,1-3,6-9H2,(H,16,17). The number of piperidine rings is 1. The van der Waals surface area contributed by atoms with Gasteiger partial charge in [-0.1, -0.05) is 6.42 Å². The maximum Gasteiger partial charge on any atom is 0.0931 e. The Morgan fingerprint density at radius 1 is 1.22 bits per heavy atom. The van der Waals surface area contributed by atoms with Crippen molar-refractivity contribution in [2.24, 2.45) is 0 Å². The maximum atomic E-state index is 4.22. The first-order valence-corrected chi connectivity index (χ1v) is 6.81. The number of nitrogens with one attached hydrogen (secondary N) is 2. The van der Waals surface area contributed by atoms with Crippen LogP contribution in [0.5, 0.6) is 0 Å². The van der Waals surface area contributed by atoms with E-state index in [-0.39, 0.29) is 0 Å². The molecule has 1 aromatic carbocycles. The molecule has 4 heteroatoms. The van der Waals surface area contributed by atoms with E-state index in [0.29, 0.717) is 0 Å². The largest absolute Gasteiger partial charge is 0.384 e. The van der Waals surface area contributed by atoms with E-state index in [1.54, 1.807) is 6.33 Å². The monoisotopic (exact) mass is 244 g/mol. The van der Waals surface area contributed by atoms with Gasteiger partial charge in [-0.15, -0.1) is 0 Å². The lowest BCUT2D eigenvalue weighted by Crippen LogP contribution is -2.33. The Morgan fingerprint density at radius 2 is 2.11 bits per heavy atom. The topological polar surface area (TPSA) is 44.0 Å². The number of hydrogen-bond donors (Lipinski definition) is 2. The lowest BCUT2D eigenvalue weighted by atomic mass is 10.1. The fraction of sp³-hybridized carbons (Fsp3) is 0.500. The molecule has 0 amide bonds. The van der Waals surface area contributed by atoms with E-state index >= 15 is 0 Å². The van der Waals surface area contributed by atoms with Crippen LogP contribution in [0.25, 0.3) is 11.0 Å². The summed E-state index contributed by atoms with van der Waals surface area (Å²) in [6.07, 6.45) is 5.86. The maximum absolute atomic E-state index is 4.22. The predicted molar refractivity (Wildman–Crippen MR) is 74.9 cm³/mol. The van der Waals surface area contributed by atoms with E-state index in [9.17, 15) is 0 Å². The molecular formula is C14H20N4. The molecule has 96 valence electrons. The average molecular weight is 244 g/mol. The Labute approximate surface area is 107 Å². The number of nitrogens with zero attached hydrogens (tertiary/aromatic N) is 2. The Hall–Kier alpha value is -1.55. The van der Waals surface area contributed by atoms with Gasteiger partial charge < -0.3 is 15.2 Å². The summed E-state index contributed by atoms with van der Waals surface area (Å²) in [6.45, 7) is 4.68. The SMILES string of the molecule is c1nc2ccc(NCCN3CCCCC3)cc2[nH]1. The molecule has 0 aliphatic carbocycles. The summed E-state index contributed by atoms with van der Waals surface area (Å²) < 4.78 is 0. The van der Waals surface area contributed by atoms with Crippen molar-refractivity contribution in [2.75, 3.05) is 31.5 Å². The Bertz CT molecular complexity index is 499. The van der Waals surface area contributed by atoms with E-state index in [4.69, 9.17) is 0 Å². The van der Waals surface area contributed by atoms with Crippen LogP contribution in [0.1, 0.15) is 19.3 Å². The quantitative estimate of drug-likeness (QED) is 0.868. The van der Waals surface area contributed by atoms with Crippen LogP contribution >= 0.6 is 0 Å². The predicted octanol–water partition coefficient (Wildman–Crippen LogP) is 2.46. The number of imidazole rings is 1. The number of benzene rings is 1. The minimum absolute atomic E-state index is 1.01. The van der Waals surface area contributed by atoms with E-state index in [0.717, 1.165) is 24.1 Å². The summed E-state index contributed by atoms with van der Waals surface area (Å²) in [7, 11) is 0. The first-order valence-electron chi connectivity index (χ1n) is 6.81. The van der Waals surface area contributed by atoms with Gasteiger partial charge in [0.1, 0.15) is 0 Å². The van der Waals surface area contributed by atoms with Crippen molar-refractivity contribution >= 4 is 16.7 Å². The van der Waals surface area contributed by atoms with Crippen LogP contribution in [-0.4, -0.2) is 41.0 Å². The fourth-order valence-corrected chi connectivity index (χ4v) is 2.59. The molecule has 1 aliphatic heterocycles. The highest BCUT2D eigenvalue weighted by Gasteiger charge is 2.08. The molecule has 3 rings (SSSR count). The molecule has 0 atom stereocenters. The number of rotatable bonds is 4. The van der Waals surface area contributed by atoms with Crippen molar-refractivity contribution in [3.8, 4) is 0 Å². The van der Waals surface area contributed by atoms with Crippen molar-refractivity contribution in [1.82, 2.24) is 14.9 Å². The van der Waals surface area contributed by atoms with Crippen molar-refractivity contribution in [3.05, 3.63) is 24.5 Å². The van der Waals surface area contributed by atoms with E-state index in [1.807, 2.05) is 0 Å². The molecule has 0 bridgehead atoms. The first kappa shape index (κ1) is 11.5. The number of hydrogen-bond acceptors (Lipinski definition) is 3. The summed E-state index contributed by atoms with van der Waals surface area (Å²) in [5.41, 5.74) is 3.29. The van der Waals surface area contributed by atoms with Gasteiger partial charge in [0.25, 0.3) is 0 Å². The molecular weight excluding hydrogens is 224 g/mol. The zero-order valence-electron chi connectivity index (χ0n) is 10.7. The summed E-state index contributed by atoms with van der Waals surface area (Å²) >= 11 is 0. The highest BCUT2D eigenvalue weighted by molar-refractivity contribution is 5.78. The lowest BCUT2D eigenvalue weighted by molar-refractivity contribution is 0.237. The van der Waals surface area contributed by atoms with Crippen LogP contribution in [0.3, 0.4) is 0 Å². The summed E-state index contributed by atoms with van der Waals surface area (Å²) in [5.74, 6) is 0. The highest BCUT2D eigenvalue weighted by atomic mass is 15.1. The second-order valence-electron chi connectivity index (χ2n) is 4.96. The van der Waals surface area contributed by atoms with E-state index < -0.39 is 0 Å². The lowest BCUT2D eigenvalue weighted by Gasteiger charge is -2.26. The van der Waals surface area contributed by atoms with Gasteiger partial charge in [-0.05, 0) is 44.1 Å². The number of H-pyrrole nitrogens is 1. The molecule has 18 heavy (non-hydrogen) atoms. The molecule has 1 aromatic heterocycles. The highest BCUT2D eigenvalue weighted by Crippen LogP contribution is 2.15. The van der Waals surface area contributed by atoms with Crippen LogP contribution in [0.15, 0.2) is 24.5 Å². The summed E-state index contributed by atoms with van der Waals surface area (Å²) in [4.78, 5) is 9.91. The van der Waals surface area contributed by atoms with Crippen LogP contribution in [-0.2, 0) is 0 Å². The second kappa shape index (κ2) is 5.40. The zero-order chi connectivity index (χ0) is 12.2. The molecule has 1 fully saturated rings. The van der Waals surface area contributed by atoms with Crippen molar-refractivity contribution in [3.63, 3.8) is 0 Å². The molecule has 1 aliphatic rings. The van der Waals surface area contributed by atoms with E-state index in [1.165, 1.54) is 38.0 Å². The number of fused-ring (bicyclic) bond motifs is 1. The number of anilines is 1. The molecule has 0 saturated carbocycles. The molecule has 2 N–H and O–H groups in total. The molecule has 0 unspecified atom stereocenters. The van der Waals surface area contributed by atoms with Gasteiger partial charge in [-0.25, -0.2) is 4.98 Å². The molecule has 2 heterocycles. The Morgan fingerprint density at radius 3 is 3.00 bits per heavy atom. The number of likely N-dealkylation sites (tertiary alicyclic amines) is 1. The van der Waals surface area contributed by atoms with Gasteiger partial charge >= 0.3 is 0 Å². The van der Waals surface area contributed by atoms with Crippen LogP contribution in [0.2, 0.25) is 0 Å². The minimum Gasteiger partial charge on any atom is -0.384 e. The third-order valence-corrected chi connectivity index (χ3v) is 3.63. The molecule has 0 spiro atoms. The molecule has 2 aromatic rings. The first-order chi connectivity index (χ1) is 8.92. The van der Waals surface area contributed by atoms with Gasteiger partial charge in [0.05, 0.1) is 17.4 Å². The van der Waals surface area contributed by atoms with Gasteiger partial charge in [0, 0.05) is 18.8 Å². The number of aromatic amines is 1. The van der Waals surface area contributed by atoms with Crippen molar-refractivity contribution < 1.29 is 0 Å². The van der Waals surface area contributed by atoms with Crippen LogP contribution < -0.4 is 5.32 Å².